The first-order valence-corrected chi connectivity index (χ1v) is 7.53. The lowest BCUT2D eigenvalue weighted by molar-refractivity contribution is 0.529. The molecule has 1 atom stereocenters. The Kier molecular flexibility index (Phi) is 5.84. The van der Waals surface area contributed by atoms with E-state index in [4.69, 9.17) is 23.2 Å². The van der Waals surface area contributed by atoms with Crippen LogP contribution in [0, 0.1) is 0 Å². The molecule has 1 aromatic carbocycles. The number of pyridine rings is 1. The minimum Gasteiger partial charge on any atom is -0.310 e. The monoisotopic (exact) mass is 308 g/mol. The Balaban J connectivity index is 2.22. The highest BCUT2D eigenvalue weighted by Crippen LogP contribution is 2.28. The minimum atomic E-state index is 0.170. The van der Waals surface area contributed by atoms with Gasteiger partial charge in [-0.1, -0.05) is 42.3 Å². The van der Waals surface area contributed by atoms with Gasteiger partial charge in [0.05, 0.1) is 0 Å². The van der Waals surface area contributed by atoms with Gasteiger partial charge in [-0.2, -0.15) is 0 Å². The lowest BCUT2D eigenvalue weighted by atomic mass is 9.99. The highest BCUT2D eigenvalue weighted by molar-refractivity contribution is 6.35. The van der Waals surface area contributed by atoms with E-state index >= 15 is 0 Å². The number of nitrogens with one attached hydrogen (secondary N) is 1. The molecule has 2 aromatic rings. The summed E-state index contributed by atoms with van der Waals surface area (Å²) in [5, 5.41) is 4.90. The van der Waals surface area contributed by atoms with Crippen LogP contribution < -0.4 is 5.32 Å². The second kappa shape index (κ2) is 7.63. The molecule has 106 valence electrons. The molecular weight excluding hydrogens is 291 g/mol. The molecule has 2 rings (SSSR count). The van der Waals surface area contributed by atoms with Crippen molar-refractivity contribution in [2.75, 3.05) is 6.54 Å². The van der Waals surface area contributed by atoms with Crippen LogP contribution in [-0.4, -0.2) is 11.5 Å². The van der Waals surface area contributed by atoms with Gasteiger partial charge in [-0.15, -0.1) is 0 Å². The second-order valence-corrected chi connectivity index (χ2v) is 5.58. The summed E-state index contributed by atoms with van der Waals surface area (Å²) in [4.78, 5) is 4.17. The van der Waals surface area contributed by atoms with Crippen LogP contribution in [0.5, 0.6) is 0 Å². The zero-order valence-corrected chi connectivity index (χ0v) is 13.0. The molecule has 2 nitrogen and oxygen atoms in total. The summed E-state index contributed by atoms with van der Waals surface area (Å²) in [6.45, 7) is 3.10. The van der Waals surface area contributed by atoms with Crippen molar-refractivity contribution in [1.82, 2.24) is 10.3 Å². The highest BCUT2D eigenvalue weighted by atomic mass is 35.5. The normalized spacial score (nSPS) is 12.3. The minimum absolute atomic E-state index is 0.170. The van der Waals surface area contributed by atoms with E-state index in [1.54, 1.807) is 12.3 Å². The largest absolute Gasteiger partial charge is 0.310 e. The van der Waals surface area contributed by atoms with Crippen molar-refractivity contribution in [3.63, 3.8) is 0 Å². The van der Waals surface area contributed by atoms with E-state index in [1.807, 2.05) is 24.4 Å². The average molecular weight is 309 g/mol. The van der Waals surface area contributed by atoms with Gasteiger partial charge < -0.3 is 5.32 Å². The summed E-state index contributed by atoms with van der Waals surface area (Å²) >= 11 is 12.3. The van der Waals surface area contributed by atoms with Crippen LogP contribution in [0.25, 0.3) is 0 Å². The Morgan fingerprint density at radius 2 is 2.10 bits per heavy atom. The molecule has 20 heavy (non-hydrogen) atoms. The fraction of sp³-hybridized carbons (Fsp3) is 0.312. The molecule has 0 spiro atoms. The molecule has 0 saturated heterocycles. The topological polar surface area (TPSA) is 24.9 Å². The predicted octanol–water partition coefficient (Wildman–Crippen LogP) is 4.67. The Morgan fingerprint density at radius 3 is 2.75 bits per heavy atom. The Labute approximate surface area is 130 Å². The SMILES string of the molecule is CCCNC(Cc1cccnc1)c1ccc(Cl)cc1Cl. The van der Waals surface area contributed by atoms with E-state index in [-0.39, 0.29) is 6.04 Å². The lowest BCUT2D eigenvalue weighted by Gasteiger charge is -2.20. The summed E-state index contributed by atoms with van der Waals surface area (Å²) in [6, 6.07) is 9.88. The van der Waals surface area contributed by atoms with Crippen molar-refractivity contribution in [1.29, 1.82) is 0 Å². The second-order valence-electron chi connectivity index (χ2n) is 4.74. The van der Waals surface area contributed by atoms with Gasteiger partial charge in [0.1, 0.15) is 0 Å². The molecule has 0 aliphatic heterocycles. The van der Waals surface area contributed by atoms with Gasteiger partial charge in [0.25, 0.3) is 0 Å². The van der Waals surface area contributed by atoms with Gasteiger partial charge in [0.15, 0.2) is 0 Å². The molecule has 4 heteroatoms. The van der Waals surface area contributed by atoms with Crippen molar-refractivity contribution in [3.05, 3.63) is 63.9 Å². The molecule has 0 radical (unpaired) electrons. The van der Waals surface area contributed by atoms with Gasteiger partial charge >= 0.3 is 0 Å². The molecular formula is C16H18Cl2N2. The fourth-order valence-electron chi connectivity index (χ4n) is 2.15. The maximum Gasteiger partial charge on any atom is 0.0468 e. The van der Waals surface area contributed by atoms with E-state index in [9.17, 15) is 0 Å². The van der Waals surface area contributed by atoms with Gasteiger partial charge in [-0.3, -0.25) is 4.98 Å². The zero-order valence-electron chi connectivity index (χ0n) is 11.4. The summed E-state index contributed by atoms with van der Waals surface area (Å²) < 4.78 is 0. The van der Waals surface area contributed by atoms with E-state index in [0.717, 1.165) is 24.9 Å². The lowest BCUT2D eigenvalue weighted by Crippen LogP contribution is -2.24. The molecule has 1 unspecified atom stereocenters. The van der Waals surface area contributed by atoms with E-state index in [0.29, 0.717) is 10.0 Å². The average Bonchev–Trinajstić information content (AvgIpc) is 2.45. The Bertz CT molecular complexity index is 543. The molecule has 0 saturated carbocycles. The van der Waals surface area contributed by atoms with Crippen LogP contribution in [0.1, 0.15) is 30.5 Å². The van der Waals surface area contributed by atoms with Crippen molar-refractivity contribution in [2.24, 2.45) is 0 Å². The predicted molar refractivity (Wildman–Crippen MR) is 85.4 cm³/mol. The molecule has 1 N–H and O–H groups in total. The number of hydrogen-bond acceptors (Lipinski definition) is 2. The van der Waals surface area contributed by atoms with Crippen LogP contribution >= 0.6 is 23.2 Å². The van der Waals surface area contributed by atoms with Crippen LogP contribution in [0.3, 0.4) is 0 Å². The molecule has 1 aromatic heterocycles. The number of hydrogen-bond donors (Lipinski definition) is 1. The third-order valence-electron chi connectivity index (χ3n) is 3.14. The first-order valence-electron chi connectivity index (χ1n) is 6.78. The molecule has 0 bridgehead atoms. The fourth-order valence-corrected chi connectivity index (χ4v) is 2.69. The van der Waals surface area contributed by atoms with E-state index in [2.05, 4.69) is 23.3 Å². The molecule has 0 amide bonds. The number of halogens is 2. The van der Waals surface area contributed by atoms with Crippen molar-refractivity contribution < 1.29 is 0 Å². The first kappa shape index (κ1) is 15.3. The number of rotatable bonds is 6. The summed E-state index contributed by atoms with van der Waals surface area (Å²) in [5.74, 6) is 0. The third-order valence-corrected chi connectivity index (χ3v) is 3.70. The quantitative estimate of drug-likeness (QED) is 0.838. The van der Waals surface area contributed by atoms with Gasteiger partial charge in [0.2, 0.25) is 0 Å². The van der Waals surface area contributed by atoms with Crippen LogP contribution in [-0.2, 0) is 6.42 Å². The molecule has 1 heterocycles. The van der Waals surface area contributed by atoms with Gasteiger partial charge in [0, 0.05) is 28.5 Å². The van der Waals surface area contributed by atoms with Gasteiger partial charge in [-0.25, -0.2) is 0 Å². The number of nitrogens with zero attached hydrogens (tertiary/aromatic N) is 1. The van der Waals surface area contributed by atoms with E-state index < -0.39 is 0 Å². The van der Waals surface area contributed by atoms with Crippen LogP contribution in [0.2, 0.25) is 10.0 Å². The standard InChI is InChI=1S/C16H18Cl2N2/c1-2-7-20-16(9-12-4-3-8-19-11-12)14-6-5-13(17)10-15(14)18/h3-6,8,10-11,16,20H,2,7,9H2,1H3. The molecule has 0 fully saturated rings. The van der Waals surface area contributed by atoms with Crippen molar-refractivity contribution >= 4 is 23.2 Å². The third kappa shape index (κ3) is 4.20. The Morgan fingerprint density at radius 1 is 1.25 bits per heavy atom. The van der Waals surface area contributed by atoms with Gasteiger partial charge in [-0.05, 0) is 48.7 Å². The zero-order chi connectivity index (χ0) is 14.4. The number of benzene rings is 1. The Hall–Kier alpha value is -1.09. The maximum atomic E-state index is 6.33. The smallest absolute Gasteiger partial charge is 0.0468 e. The van der Waals surface area contributed by atoms with Crippen molar-refractivity contribution in [2.45, 2.75) is 25.8 Å². The first-order chi connectivity index (χ1) is 9.70. The van der Waals surface area contributed by atoms with Crippen LogP contribution in [0.4, 0.5) is 0 Å². The summed E-state index contributed by atoms with van der Waals surface area (Å²) in [6.07, 6.45) is 5.61. The van der Waals surface area contributed by atoms with Crippen LogP contribution in [0.15, 0.2) is 42.7 Å². The molecule has 0 aliphatic rings. The highest BCUT2D eigenvalue weighted by Gasteiger charge is 2.15. The summed E-state index contributed by atoms with van der Waals surface area (Å²) in [5.41, 5.74) is 2.26. The maximum absolute atomic E-state index is 6.33. The molecule has 0 aliphatic carbocycles. The van der Waals surface area contributed by atoms with E-state index in [1.165, 1.54) is 5.56 Å². The van der Waals surface area contributed by atoms with Crippen molar-refractivity contribution in [3.8, 4) is 0 Å². The summed E-state index contributed by atoms with van der Waals surface area (Å²) in [7, 11) is 0. The number of aromatic nitrogens is 1.